The van der Waals surface area contributed by atoms with Crippen LogP contribution >= 0.6 is 0 Å². The van der Waals surface area contributed by atoms with Gasteiger partial charge in [-0.05, 0) is 11.1 Å². The average molecular weight is 257 g/mol. The third-order valence-electron chi connectivity index (χ3n) is 2.82. The van der Waals surface area contributed by atoms with Gasteiger partial charge in [-0.25, -0.2) is 0 Å². The molecule has 0 amide bonds. The highest BCUT2D eigenvalue weighted by atomic mass is 16.4. The van der Waals surface area contributed by atoms with Gasteiger partial charge in [-0.2, -0.15) is 0 Å². The predicted molar refractivity (Wildman–Crippen MR) is 71.4 cm³/mol. The fraction of sp³-hybridized carbons (Fsp3) is 0.133. The lowest BCUT2D eigenvalue weighted by molar-refractivity contribution is -0.140. The molecule has 2 unspecified atom stereocenters. The molecule has 2 aromatic rings. The van der Waals surface area contributed by atoms with Crippen LogP contribution in [0.4, 0.5) is 0 Å². The standard InChI is InChI=1S/C15H15NO3/c17-14(12-9-5-2-6-10-12)16-13(15(18)19)11-7-3-1-4-8-11/h1-10,13-14,16-17H,(H,18,19). The van der Waals surface area contributed by atoms with E-state index in [1.807, 2.05) is 12.1 Å². The lowest BCUT2D eigenvalue weighted by Gasteiger charge is -2.19. The topological polar surface area (TPSA) is 69.6 Å². The summed E-state index contributed by atoms with van der Waals surface area (Å²) < 4.78 is 0. The summed E-state index contributed by atoms with van der Waals surface area (Å²) in [6.45, 7) is 0. The Balaban J connectivity index is 2.16. The Labute approximate surface area is 111 Å². The summed E-state index contributed by atoms with van der Waals surface area (Å²) in [6, 6.07) is 16.7. The molecule has 3 N–H and O–H groups in total. The molecule has 0 fully saturated rings. The minimum absolute atomic E-state index is 0.602. The molecule has 0 spiro atoms. The maximum atomic E-state index is 11.3. The smallest absolute Gasteiger partial charge is 0.325 e. The van der Waals surface area contributed by atoms with Crippen LogP contribution in [0.5, 0.6) is 0 Å². The van der Waals surface area contributed by atoms with Gasteiger partial charge in [0.15, 0.2) is 0 Å². The van der Waals surface area contributed by atoms with Crippen LogP contribution in [0.25, 0.3) is 0 Å². The molecule has 2 atom stereocenters. The van der Waals surface area contributed by atoms with E-state index in [9.17, 15) is 15.0 Å². The summed E-state index contributed by atoms with van der Waals surface area (Å²) >= 11 is 0. The molecular formula is C15H15NO3. The maximum absolute atomic E-state index is 11.3. The minimum atomic E-state index is -1.03. The van der Waals surface area contributed by atoms with E-state index in [1.54, 1.807) is 48.5 Å². The summed E-state index contributed by atoms with van der Waals surface area (Å²) in [5.74, 6) is -1.03. The summed E-state index contributed by atoms with van der Waals surface area (Å²) in [4.78, 5) is 11.3. The number of aliphatic hydroxyl groups excluding tert-OH is 1. The van der Waals surface area contributed by atoms with Crippen LogP contribution in [0.3, 0.4) is 0 Å². The Morgan fingerprint density at radius 1 is 0.895 bits per heavy atom. The minimum Gasteiger partial charge on any atom is -0.480 e. The highest BCUT2D eigenvalue weighted by molar-refractivity contribution is 5.75. The second-order valence-corrected chi connectivity index (χ2v) is 4.16. The van der Waals surface area contributed by atoms with Crippen molar-refractivity contribution in [1.29, 1.82) is 0 Å². The first-order valence-electron chi connectivity index (χ1n) is 5.95. The van der Waals surface area contributed by atoms with Crippen molar-refractivity contribution >= 4 is 5.97 Å². The van der Waals surface area contributed by atoms with Crippen LogP contribution < -0.4 is 5.32 Å². The van der Waals surface area contributed by atoms with Crippen LogP contribution in [-0.2, 0) is 4.79 Å². The number of hydrogen-bond donors (Lipinski definition) is 3. The van der Waals surface area contributed by atoms with Crippen molar-refractivity contribution in [3.63, 3.8) is 0 Å². The summed E-state index contributed by atoms with van der Waals surface area (Å²) in [5, 5.41) is 22.0. The molecule has 0 heterocycles. The fourth-order valence-corrected chi connectivity index (χ4v) is 1.85. The Kier molecular flexibility index (Phi) is 4.28. The molecule has 2 aromatic carbocycles. The van der Waals surface area contributed by atoms with Gasteiger partial charge in [0.25, 0.3) is 0 Å². The zero-order valence-electron chi connectivity index (χ0n) is 10.2. The van der Waals surface area contributed by atoms with Crippen molar-refractivity contribution in [3.05, 3.63) is 71.8 Å². The van der Waals surface area contributed by atoms with Crippen molar-refractivity contribution in [2.75, 3.05) is 0 Å². The molecular weight excluding hydrogens is 242 g/mol. The quantitative estimate of drug-likeness (QED) is 0.717. The van der Waals surface area contributed by atoms with Gasteiger partial charge in [0, 0.05) is 0 Å². The number of hydrogen-bond acceptors (Lipinski definition) is 3. The second kappa shape index (κ2) is 6.13. The van der Waals surface area contributed by atoms with Gasteiger partial charge in [0.05, 0.1) is 0 Å². The van der Waals surface area contributed by atoms with Crippen LogP contribution in [-0.4, -0.2) is 16.2 Å². The lowest BCUT2D eigenvalue weighted by atomic mass is 10.1. The Morgan fingerprint density at radius 2 is 1.37 bits per heavy atom. The number of carboxylic acid groups (broad SMARTS) is 1. The average Bonchev–Trinajstić information content (AvgIpc) is 2.46. The zero-order valence-corrected chi connectivity index (χ0v) is 10.2. The van der Waals surface area contributed by atoms with Gasteiger partial charge < -0.3 is 10.2 Å². The Bertz CT molecular complexity index is 528. The van der Waals surface area contributed by atoms with Gasteiger partial charge in [-0.3, -0.25) is 10.1 Å². The molecule has 0 radical (unpaired) electrons. The van der Waals surface area contributed by atoms with E-state index in [0.29, 0.717) is 11.1 Å². The normalized spacial score (nSPS) is 13.7. The van der Waals surface area contributed by atoms with Gasteiger partial charge in [0.1, 0.15) is 12.3 Å². The fourth-order valence-electron chi connectivity index (χ4n) is 1.85. The largest absolute Gasteiger partial charge is 0.480 e. The molecule has 0 aliphatic rings. The van der Waals surface area contributed by atoms with E-state index in [2.05, 4.69) is 5.32 Å². The number of aliphatic carboxylic acids is 1. The number of carbonyl (C=O) groups is 1. The third kappa shape index (κ3) is 3.40. The van der Waals surface area contributed by atoms with Crippen LogP contribution in [0.2, 0.25) is 0 Å². The van der Waals surface area contributed by atoms with Crippen molar-refractivity contribution in [2.24, 2.45) is 0 Å². The number of aliphatic hydroxyl groups is 1. The molecule has 0 aliphatic heterocycles. The number of nitrogens with one attached hydrogen (secondary N) is 1. The van der Waals surface area contributed by atoms with Crippen molar-refractivity contribution < 1.29 is 15.0 Å². The molecule has 0 bridgehead atoms. The number of benzene rings is 2. The molecule has 0 saturated carbocycles. The molecule has 2 rings (SSSR count). The molecule has 19 heavy (non-hydrogen) atoms. The first-order valence-corrected chi connectivity index (χ1v) is 5.95. The van der Waals surface area contributed by atoms with Crippen LogP contribution in [0, 0.1) is 0 Å². The van der Waals surface area contributed by atoms with Gasteiger partial charge in [-0.1, -0.05) is 60.7 Å². The first kappa shape index (κ1) is 13.3. The Morgan fingerprint density at radius 3 is 1.84 bits per heavy atom. The van der Waals surface area contributed by atoms with E-state index in [-0.39, 0.29) is 0 Å². The van der Waals surface area contributed by atoms with Gasteiger partial charge in [0.2, 0.25) is 0 Å². The Hall–Kier alpha value is -2.17. The van der Waals surface area contributed by atoms with E-state index in [1.165, 1.54) is 0 Å². The summed E-state index contributed by atoms with van der Waals surface area (Å²) in [7, 11) is 0. The number of rotatable bonds is 5. The van der Waals surface area contributed by atoms with Crippen molar-refractivity contribution in [2.45, 2.75) is 12.3 Å². The lowest BCUT2D eigenvalue weighted by Crippen LogP contribution is -2.31. The summed E-state index contributed by atoms with van der Waals surface area (Å²) in [6.07, 6.45) is -1.03. The highest BCUT2D eigenvalue weighted by Crippen LogP contribution is 2.18. The molecule has 98 valence electrons. The monoisotopic (exact) mass is 257 g/mol. The SMILES string of the molecule is O=C(O)C(NC(O)c1ccccc1)c1ccccc1. The van der Waals surface area contributed by atoms with Gasteiger partial charge in [-0.15, -0.1) is 0 Å². The third-order valence-corrected chi connectivity index (χ3v) is 2.82. The molecule has 0 aliphatic carbocycles. The second-order valence-electron chi connectivity index (χ2n) is 4.16. The predicted octanol–water partition coefficient (Wildman–Crippen LogP) is 2.09. The van der Waals surface area contributed by atoms with Gasteiger partial charge >= 0.3 is 5.97 Å². The van der Waals surface area contributed by atoms with Crippen LogP contribution in [0.1, 0.15) is 23.4 Å². The molecule has 0 aromatic heterocycles. The molecule has 4 nitrogen and oxygen atoms in total. The van der Waals surface area contributed by atoms with E-state index >= 15 is 0 Å². The number of carboxylic acids is 1. The van der Waals surface area contributed by atoms with Crippen molar-refractivity contribution in [1.82, 2.24) is 5.32 Å². The molecule has 0 saturated heterocycles. The molecule has 4 heteroatoms. The summed E-state index contributed by atoms with van der Waals surface area (Å²) in [5.41, 5.74) is 1.23. The van der Waals surface area contributed by atoms with Crippen molar-refractivity contribution in [3.8, 4) is 0 Å². The highest BCUT2D eigenvalue weighted by Gasteiger charge is 2.22. The van der Waals surface area contributed by atoms with E-state index in [0.717, 1.165) is 0 Å². The zero-order chi connectivity index (χ0) is 13.7. The van der Waals surface area contributed by atoms with E-state index < -0.39 is 18.2 Å². The first-order chi connectivity index (χ1) is 9.18. The van der Waals surface area contributed by atoms with Crippen LogP contribution in [0.15, 0.2) is 60.7 Å². The maximum Gasteiger partial charge on any atom is 0.325 e. The van der Waals surface area contributed by atoms with E-state index in [4.69, 9.17) is 0 Å².